The Balaban J connectivity index is 1.86. The van der Waals surface area contributed by atoms with Crippen molar-refractivity contribution in [1.82, 2.24) is 10.2 Å². The van der Waals surface area contributed by atoms with Gasteiger partial charge in [0.2, 0.25) is 11.8 Å². The van der Waals surface area contributed by atoms with Crippen LogP contribution in [0.15, 0.2) is 78.9 Å². The molecule has 0 spiro atoms. The van der Waals surface area contributed by atoms with E-state index in [0.29, 0.717) is 28.9 Å². The molecule has 0 heterocycles. The summed E-state index contributed by atoms with van der Waals surface area (Å²) >= 11 is 13.9. The first-order valence-electron chi connectivity index (χ1n) is 12.0. The molecule has 1 N–H and O–H groups in total. The van der Waals surface area contributed by atoms with Gasteiger partial charge in [-0.2, -0.15) is 0 Å². The molecule has 7 heteroatoms. The van der Waals surface area contributed by atoms with Crippen LogP contribution in [0.4, 0.5) is 0 Å². The Bertz CT molecular complexity index is 1130. The van der Waals surface area contributed by atoms with Gasteiger partial charge in [-0.25, -0.2) is 0 Å². The van der Waals surface area contributed by atoms with Gasteiger partial charge < -0.3 is 10.2 Å². The van der Waals surface area contributed by atoms with Gasteiger partial charge in [0.05, 0.1) is 15.8 Å². The van der Waals surface area contributed by atoms with E-state index in [1.807, 2.05) is 80.6 Å². The first kappa shape index (κ1) is 28.1. The maximum absolute atomic E-state index is 13.6. The van der Waals surface area contributed by atoms with E-state index in [1.54, 1.807) is 28.8 Å². The van der Waals surface area contributed by atoms with E-state index in [4.69, 9.17) is 23.2 Å². The molecule has 0 aromatic heterocycles. The zero-order chi connectivity index (χ0) is 25.9. The molecule has 2 amide bonds. The normalized spacial score (nSPS) is 11.8. The highest BCUT2D eigenvalue weighted by Gasteiger charge is 2.30. The molecule has 0 fully saturated rings. The maximum Gasteiger partial charge on any atom is 0.243 e. The fourth-order valence-electron chi connectivity index (χ4n) is 3.72. The molecule has 3 rings (SSSR count). The van der Waals surface area contributed by atoms with Crippen LogP contribution in [0.25, 0.3) is 0 Å². The van der Waals surface area contributed by atoms with Gasteiger partial charge in [0, 0.05) is 25.3 Å². The maximum atomic E-state index is 13.6. The molecule has 1 atom stereocenters. The summed E-state index contributed by atoms with van der Waals surface area (Å²) in [5, 5.41) is 3.91. The SMILES string of the molecule is CC(C)CNC(=O)[C@H](Cc1ccccc1)N(Cc1ccc(Cl)c(Cl)c1)C(=O)CSCc1ccccc1. The van der Waals surface area contributed by atoms with Crippen molar-refractivity contribution >= 4 is 46.8 Å². The second-order valence-electron chi connectivity index (χ2n) is 9.09. The number of rotatable bonds is 12. The third kappa shape index (κ3) is 8.88. The summed E-state index contributed by atoms with van der Waals surface area (Å²) in [5.41, 5.74) is 2.97. The van der Waals surface area contributed by atoms with E-state index in [1.165, 1.54) is 0 Å². The highest BCUT2D eigenvalue weighted by atomic mass is 35.5. The van der Waals surface area contributed by atoms with Crippen LogP contribution < -0.4 is 5.32 Å². The van der Waals surface area contributed by atoms with Crippen molar-refractivity contribution in [1.29, 1.82) is 0 Å². The second kappa shape index (κ2) is 14.3. The quantitative estimate of drug-likeness (QED) is 0.279. The standard InChI is InChI=1S/C29H32Cl2N2O2S/c1-21(2)17-32-29(35)27(16-22-9-5-3-6-10-22)33(18-24-13-14-25(30)26(31)15-24)28(34)20-36-19-23-11-7-4-8-12-23/h3-15,21,27H,16-20H2,1-2H3,(H,32,35)/t27-/m0/s1. The van der Waals surface area contributed by atoms with Crippen LogP contribution in [-0.2, 0) is 28.3 Å². The minimum atomic E-state index is -0.662. The Kier molecular flexibility index (Phi) is 11.2. The number of carbonyl (C=O) groups is 2. The van der Waals surface area contributed by atoms with Crippen molar-refractivity contribution < 1.29 is 9.59 Å². The largest absolute Gasteiger partial charge is 0.354 e. The number of amides is 2. The summed E-state index contributed by atoms with van der Waals surface area (Å²) in [7, 11) is 0. The molecule has 3 aromatic rings. The number of halogens is 2. The zero-order valence-electron chi connectivity index (χ0n) is 20.6. The molecule has 0 saturated carbocycles. The van der Waals surface area contributed by atoms with Crippen LogP contribution >= 0.6 is 35.0 Å². The van der Waals surface area contributed by atoms with Crippen molar-refractivity contribution in [3.63, 3.8) is 0 Å². The summed E-state index contributed by atoms with van der Waals surface area (Å²) in [6.07, 6.45) is 0.418. The topological polar surface area (TPSA) is 49.4 Å². The van der Waals surface area contributed by atoms with Crippen molar-refractivity contribution in [3.05, 3.63) is 106 Å². The van der Waals surface area contributed by atoms with Gasteiger partial charge in [-0.05, 0) is 34.7 Å². The van der Waals surface area contributed by atoms with E-state index < -0.39 is 6.04 Å². The van der Waals surface area contributed by atoms with Crippen LogP contribution in [0.5, 0.6) is 0 Å². The number of nitrogens with zero attached hydrogens (tertiary/aromatic N) is 1. The third-order valence-electron chi connectivity index (χ3n) is 5.63. The first-order valence-corrected chi connectivity index (χ1v) is 13.9. The molecule has 0 radical (unpaired) electrons. The fraction of sp³-hybridized carbons (Fsp3) is 0.310. The van der Waals surface area contributed by atoms with E-state index in [9.17, 15) is 9.59 Å². The second-order valence-corrected chi connectivity index (χ2v) is 10.9. The summed E-state index contributed by atoms with van der Waals surface area (Å²) in [5.74, 6) is 1.03. The van der Waals surface area contributed by atoms with Gasteiger partial charge in [0.1, 0.15) is 6.04 Å². The summed E-state index contributed by atoms with van der Waals surface area (Å²) < 4.78 is 0. The van der Waals surface area contributed by atoms with E-state index in [-0.39, 0.29) is 24.1 Å². The summed E-state index contributed by atoms with van der Waals surface area (Å²) in [4.78, 5) is 28.8. The van der Waals surface area contributed by atoms with Gasteiger partial charge in [0.15, 0.2) is 0 Å². The van der Waals surface area contributed by atoms with Gasteiger partial charge in [-0.15, -0.1) is 11.8 Å². The fourth-order valence-corrected chi connectivity index (χ4v) is 4.92. The third-order valence-corrected chi connectivity index (χ3v) is 7.36. The molecule has 36 heavy (non-hydrogen) atoms. The Morgan fingerprint density at radius 1 is 0.861 bits per heavy atom. The van der Waals surface area contributed by atoms with Gasteiger partial charge in [-0.3, -0.25) is 9.59 Å². The molecule has 3 aromatic carbocycles. The Morgan fingerprint density at radius 3 is 2.11 bits per heavy atom. The molecule has 190 valence electrons. The molecule has 0 unspecified atom stereocenters. The van der Waals surface area contributed by atoms with Crippen molar-refractivity contribution in [2.24, 2.45) is 5.92 Å². The molecular formula is C29H32Cl2N2O2S. The number of carbonyl (C=O) groups excluding carboxylic acids is 2. The van der Waals surface area contributed by atoms with Crippen molar-refractivity contribution in [3.8, 4) is 0 Å². The molecule has 0 saturated heterocycles. The van der Waals surface area contributed by atoms with Crippen LogP contribution in [-0.4, -0.2) is 35.1 Å². The van der Waals surface area contributed by atoms with Crippen LogP contribution in [0.2, 0.25) is 10.0 Å². The number of hydrogen-bond acceptors (Lipinski definition) is 3. The lowest BCUT2D eigenvalue weighted by Crippen LogP contribution is -2.51. The Hall–Kier alpha value is -2.47. The summed E-state index contributed by atoms with van der Waals surface area (Å²) in [6.45, 7) is 4.90. The van der Waals surface area contributed by atoms with E-state index in [2.05, 4.69) is 5.32 Å². The Morgan fingerprint density at radius 2 is 1.50 bits per heavy atom. The molecule has 0 bridgehead atoms. The smallest absolute Gasteiger partial charge is 0.243 e. The van der Waals surface area contributed by atoms with Crippen molar-refractivity contribution in [2.45, 2.75) is 38.6 Å². The molecule has 0 aliphatic heterocycles. The summed E-state index contributed by atoms with van der Waals surface area (Å²) in [6, 6.07) is 24.5. The van der Waals surface area contributed by atoms with Gasteiger partial charge in [0.25, 0.3) is 0 Å². The van der Waals surface area contributed by atoms with Crippen LogP contribution in [0.1, 0.15) is 30.5 Å². The lowest BCUT2D eigenvalue weighted by molar-refractivity contribution is -0.139. The molecule has 0 aliphatic rings. The number of thioether (sulfide) groups is 1. The molecule has 0 aliphatic carbocycles. The predicted octanol–water partition coefficient (Wildman–Crippen LogP) is 6.64. The number of nitrogens with one attached hydrogen (secondary N) is 1. The lowest BCUT2D eigenvalue weighted by atomic mass is 10.0. The van der Waals surface area contributed by atoms with Crippen molar-refractivity contribution in [2.75, 3.05) is 12.3 Å². The lowest BCUT2D eigenvalue weighted by Gasteiger charge is -2.32. The van der Waals surface area contributed by atoms with Crippen LogP contribution in [0.3, 0.4) is 0 Å². The molecule has 4 nitrogen and oxygen atoms in total. The predicted molar refractivity (Wildman–Crippen MR) is 151 cm³/mol. The molecular weight excluding hydrogens is 511 g/mol. The minimum Gasteiger partial charge on any atom is -0.354 e. The van der Waals surface area contributed by atoms with Gasteiger partial charge in [-0.1, -0.05) is 104 Å². The highest BCUT2D eigenvalue weighted by molar-refractivity contribution is 7.99. The van der Waals surface area contributed by atoms with Crippen LogP contribution in [0, 0.1) is 5.92 Å². The Labute approximate surface area is 228 Å². The average molecular weight is 544 g/mol. The average Bonchev–Trinajstić information content (AvgIpc) is 2.88. The first-order chi connectivity index (χ1) is 17.3. The number of hydrogen-bond donors (Lipinski definition) is 1. The zero-order valence-corrected chi connectivity index (χ0v) is 23.0. The highest BCUT2D eigenvalue weighted by Crippen LogP contribution is 2.25. The van der Waals surface area contributed by atoms with E-state index >= 15 is 0 Å². The van der Waals surface area contributed by atoms with E-state index in [0.717, 1.165) is 22.4 Å². The van der Waals surface area contributed by atoms with Gasteiger partial charge >= 0.3 is 0 Å². The minimum absolute atomic E-state index is 0.0948. The monoisotopic (exact) mass is 542 g/mol. The number of benzene rings is 3.